The first-order valence-corrected chi connectivity index (χ1v) is 7.97. The summed E-state index contributed by atoms with van der Waals surface area (Å²) in [6, 6.07) is 0. The average molecular weight is 260 g/mol. The molecule has 19 heavy (non-hydrogen) atoms. The molecule has 0 spiro atoms. The molecule has 3 heteroatoms. The Morgan fingerprint density at radius 1 is 1.37 bits per heavy atom. The van der Waals surface area contributed by atoms with Crippen LogP contribution < -0.4 is 0 Å². The third kappa shape index (κ3) is 1.78. The average Bonchev–Trinajstić information content (AvgIpc) is 2.75. The Morgan fingerprint density at radius 2 is 2.11 bits per heavy atom. The largest absolute Gasteiger partial charge is 0.392 e. The van der Waals surface area contributed by atoms with Gasteiger partial charge in [-0.25, -0.2) is 4.98 Å². The fourth-order valence-electron chi connectivity index (χ4n) is 5.20. The zero-order valence-corrected chi connectivity index (χ0v) is 11.7. The van der Waals surface area contributed by atoms with E-state index in [4.69, 9.17) is 0 Å². The molecule has 3 nitrogen and oxygen atoms in total. The van der Waals surface area contributed by atoms with E-state index in [1.165, 1.54) is 19.3 Å². The highest BCUT2D eigenvalue weighted by atomic mass is 16.3. The summed E-state index contributed by atoms with van der Waals surface area (Å²) in [5, 5.41) is 10.6. The van der Waals surface area contributed by atoms with Crippen molar-refractivity contribution >= 4 is 0 Å². The van der Waals surface area contributed by atoms with Gasteiger partial charge in [0.15, 0.2) is 0 Å². The van der Waals surface area contributed by atoms with Gasteiger partial charge in [0.25, 0.3) is 0 Å². The minimum absolute atomic E-state index is 0.156. The molecule has 104 valence electrons. The van der Waals surface area contributed by atoms with Crippen molar-refractivity contribution < 1.29 is 5.11 Å². The number of aromatic nitrogens is 2. The first kappa shape index (κ1) is 12.0. The van der Waals surface area contributed by atoms with Crippen molar-refractivity contribution in [2.24, 2.45) is 29.6 Å². The van der Waals surface area contributed by atoms with E-state index in [1.54, 1.807) is 0 Å². The zero-order chi connectivity index (χ0) is 13.0. The highest BCUT2D eigenvalue weighted by Crippen LogP contribution is 2.70. The summed E-state index contributed by atoms with van der Waals surface area (Å²) in [5.74, 6) is 5.30. The van der Waals surface area contributed by atoms with Crippen molar-refractivity contribution in [3.63, 3.8) is 0 Å². The lowest BCUT2D eigenvalue weighted by Gasteiger charge is -2.15. The molecule has 0 saturated heterocycles. The van der Waals surface area contributed by atoms with E-state index in [9.17, 15) is 5.11 Å². The normalized spacial score (nSPS) is 40.4. The Bertz CT molecular complexity index is 453. The van der Waals surface area contributed by atoms with Crippen LogP contribution in [0.5, 0.6) is 0 Å². The van der Waals surface area contributed by atoms with E-state index in [0.717, 1.165) is 48.9 Å². The molecule has 1 heterocycles. The van der Waals surface area contributed by atoms with Crippen molar-refractivity contribution in [3.05, 3.63) is 18.2 Å². The van der Waals surface area contributed by atoms with Crippen molar-refractivity contribution in [1.82, 2.24) is 9.55 Å². The molecule has 3 saturated carbocycles. The molecular weight excluding hydrogens is 236 g/mol. The first-order chi connectivity index (χ1) is 9.29. The summed E-state index contributed by atoms with van der Waals surface area (Å²) in [6.07, 6.45) is 9.96. The molecule has 0 aromatic carbocycles. The van der Waals surface area contributed by atoms with E-state index >= 15 is 0 Å². The van der Waals surface area contributed by atoms with Crippen molar-refractivity contribution in [1.29, 1.82) is 0 Å². The second kappa shape index (κ2) is 4.34. The summed E-state index contributed by atoms with van der Waals surface area (Å²) in [7, 11) is 0. The summed E-state index contributed by atoms with van der Waals surface area (Å²) in [4.78, 5) is 4.44. The van der Waals surface area contributed by atoms with Crippen LogP contribution in [0.1, 0.15) is 38.4 Å². The molecule has 2 bridgehead atoms. The summed E-state index contributed by atoms with van der Waals surface area (Å²) in [6.45, 7) is 3.20. The Morgan fingerprint density at radius 3 is 2.79 bits per heavy atom. The van der Waals surface area contributed by atoms with Gasteiger partial charge >= 0.3 is 0 Å². The molecule has 3 aliphatic carbocycles. The van der Waals surface area contributed by atoms with Crippen LogP contribution >= 0.6 is 0 Å². The Balaban J connectivity index is 1.42. The van der Waals surface area contributed by atoms with Gasteiger partial charge in [0.1, 0.15) is 5.82 Å². The van der Waals surface area contributed by atoms with Gasteiger partial charge in [-0.05, 0) is 55.3 Å². The highest BCUT2D eigenvalue weighted by molar-refractivity contribution is 5.15. The number of hydrogen-bond acceptors (Lipinski definition) is 2. The van der Waals surface area contributed by atoms with Crippen LogP contribution in [0.3, 0.4) is 0 Å². The van der Waals surface area contributed by atoms with Gasteiger partial charge < -0.3 is 9.67 Å². The number of aryl methyl sites for hydroxylation is 1. The van der Waals surface area contributed by atoms with Crippen LogP contribution in [0.25, 0.3) is 0 Å². The van der Waals surface area contributed by atoms with Gasteiger partial charge in [0.05, 0.1) is 6.10 Å². The minimum atomic E-state index is -0.156. The number of fused-ring (bicyclic) bond motifs is 5. The van der Waals surface area contributed by atoms with Crippen LogP contribution in [0.4, 0.5) is 0 Å². The predicted molar refractivity (Wildman–Crippen MR) is 73.5 cm³/mol. The molecular formula is C16H24N2O. The van der Waals surface area contributed by atoms with Crippen molar-refractivity contribution in [3.8, 4) is 0 Å². The van der Waals surface area contributed by atoms with Crippen LogP contribution in [0.2, 0.25) is 0 Å². The predicted octanol–water partition coefficient (Wildman–Crippen LogP) is 2.49. The topological polar surface area (TPSA) is 38.0 Å². The maximum atomic E-state index is 10.6. The van der Waals surface area contributed by atoms with Gasteiger partial charge in [-0.2, -0.15) is 0 Å². The number of rotatable bonds is 5. The van der Waals surface area contributed by atoms with E-state index in [2.05, 4.69) is 16.5 Å². The van der Waals surface area contributed by atoms with Crippen LogP contribution in [0, 0.1) is 29.6 Å². The lowest BCUT2D eigenvalue weighted by atomic mass is 9.97. The third-order valence-electron chi connectivity index (χ3n) is 5.90. The molecule has 3 fully saturated rings. The van der Waals surface area contributed by atoms with Crippen molar-refractivity contribution in [2.75, 3.05) is 0 Å². The fraction of sp³-hybridized carbons (Fsp3) is 0.812. The van der Waals surface area contributed by atoms with Gasteiger partial charge in [-0.15, -0.1) is 0 Å². The summed E-state index contributed by atoms with van der Waals surface area (Å²) < 4.78 is 2.20. The van der Waals surface area contributed by atoms with Crippen LogP contribution in [-0.2, 0) is 13.0 Å². The van der Waals surface area contributed by atoms with E-state index in [1.807, 2.05) is 12.4 Å². The zero-order valence-electron chi connectivity index (χ0n) is 11.7. The number of hydrogen-bond donors (Lipinski definition) is 1. The van der Waals surface area contributed by atoms with Gasteiger partial charge in [0, 0.05) is 25.4 Å². The molecule has 3 aliphatic rings. The highest BCUT2D eigenvalue weighted by Gasteiger charge is 2.66. The Kier molecular flexibility index (Phi) is 2.73. The Labute approximate surface area is 115 Å². The van der Waals surface area contributed by atoms with Crippen LogP contribution in [-0.4, -0.2) is 20.8 Å². The third-order valence-corrected chi connectivity index (χ3v) is 5.90. The fourth-order valence-corrected chi connectivity index (χ4v) is 5.20. The molecule has 0 amide bonds. The molecule has 4 rings (SSSR count). The first-order valence-electron chi connectivity index (χ1n) is 7.97. The van der Waals surface area contributed by atoms with E-state index in [-0.39, 0.29) is 6.10 Å². The standard InChI is InChI=1S/C16H24N2O/c1-2-6-18-7-5-17-13(18)9-12(19)16-14-10-3-4-11(8-10)15(14)16/h5,7,10-12,14-16,19H,2-4,6,8-9H2,1H3. The molecule has 5 atom stereocenters. The molecule has 1 N–H and O–H groups in total. The number of aliphatic hydroxyl groups is 1. The second-order valence-corrected chi connectivity index (χ2v) is 6.87. The number of imidazole rings is 1. The molecule has 0 radical (unpaired) electrons. The molecule has 1 aromatic rings. The maximum Gasteiger partial charge on any atom is 0.111 e. The lowest BCUT2D eigenvalue weighted by molar-refractivity contribution is 0.125. The van der Waals surface area contributed by atoms with E-state index < -0.39 is 0 Å². The summed E-state index contributed by atoms with van der Waals surface area (Å²) in [5.41, 5.74) is 0. The second-order valence-electron chi connectivity index (χ2n) is 6.87. The molecule has 1 aromatic heterocycles. The summed E-state index contributed by atoms with van der Waals surface area (Å²) >= 11 is 0. The lowest BCUT2D eigenvalue weighted by Crippen LogP contribution is -2.20. The van der Waals surface area contributed by atoms with E-state index in [0.29, 0.717) is 5.92 Å². The molecule has 5 unspecified atom stereocenters. The smallest absolute Gasteiger partial charge is 0.111 e. The minimum Gasteiger partial charge on any atom is -0.392 e. The Hall–Kier alpha value is -0.830. The van der Waals surface area contributed by atoms with Gasteiger partial charge in [-0.3, -0.25) is 0 Å². The number of nitrogens with zero attached hydrogens (tertiary/aromatic N) is 2. The quantitative estimate of drug-likeness (QED) is 0.883. The van der Waals surface area contributed by atoms with Crippen molar-refractivity contribution in [2.45, 2.75) is 51.7 Å². The maximum absolute atomic E-state index is 10.6. The monoisotopic (exact) mass is 260 g/mol. The van der Waals surface area contributed by atoms with Crippen LogP contribution in [0.15, 0.2) is 12.4 Å². The number of aliphatic hydroxyl groups excluding tert-OH is 1. The SMILES string of the molecule is CCCn1ccnc1CC(O)C1C2C3CCC(C3)C12. The van der Waals surface area contributed by atoms with Gasteiger partial charge in [-0.1, -0.05) is 6.92 Å². The molecule has 0 aliphatic heterocycles. The van der Waals surface area contributed by atoms with Gasteiger partial charge in [0.2, 0.25) is 0 Å².